The number of hydrogen-bond acceptors (Lipinski definition) is 7. The molecule has 2 aliphatic rings. The highest BCUT2D eigenvalue weighted by Gasteiger charge is 2.24. The molecule has 0 unspecified atom stereocenters. The molecule has 1 aromatic carbocycles. The molecule has 2 aliphatic heterocycles. The highest BCUT2D eigenvalue weighted by molar-refractivity contribution is 6.30. The number of carbonyl (C=O) groups excluding carboxylic acids is 1. The summed E-state index contributed by atoms with van der Waals surface area (Å²) in [6, 6.07) is 7.26. The molecule has 0 bridgehead atoms. The molecule has 35 heavy (non-hydrogen) atoms. The topological polar surface area (TPSA) is 85.0 Å². The molecule has 0 radical (unpaired) electrons. The van der Waals surface area contributed by atoms with Crippen molar-refractivity contribution in [1.29, 1.82) is 0 Å². The van der Waals surface area contributed by atoms with E-state index >= 15 is 0 Å². The van der Waals surface area contributed by atoms with Crippen LogP contribution in [0.2, 0.25) is 5.02 Å². The van der Waals surface area contributed by atoms with Gasteiger partial charge in [0.15, 0.2) is 0 Å². The van der Waals surface area contributed by atoms with Crippen LogP contribution >= 0.6 is 11.6 Å². The van der Waals surface area contributed by atoms with Crippen LogP contribution in [-0.2, 0) is 11.3 Å². The number of hydrogen-bond donors (Lipinski definition) is 1. The van der Waals surface area contributed by atoms with Crippen LogP contribution in [0.1, 0.15) is 31.9 Å². The lowest BCUT2D eigenvalue weighted by molar-refractivity contribution is -0.131. The van der Waals surface area contributed by atoms with Gasteiger partial charge in [0.1, 0.15) is 5.75 Å². The van der Waals surface area contributed by atoms with E-state index in [0.29, 0.717) is 50.1 Å². The lowest BCUT2D eigenvalue weighted by Gasteiger charge is -2.37. The monoisotopic (exact) mass is 502 g/mol. The second-order valence-corrected chi connectivity index (χ2v) is 9.55. The molecule has 3 heterocycles. The second-order valence-electron chi connectivity index (χ2n) is 9.11. The molecule has 2 fully saturated rings. The molecule has 10 heteroatoms. The van der Waals surface area contributed by atoms with Gasteiger partial charge in [-0.25, -0.2) is 4.98 Å². The molecule has 0 aliphatic carbocycles. The van der Waals surface area contributed by atoms with Crippen molar-refractivity contribution >= 4 is 29.1 Å². The number of benzene rings is 1. The molecular weight excluding hydrogens is 468 g/mol. The van der Waals surface area contributed by atoms with Crippen LogP contribution in [0.3, 0.4) is 0 Å². The summed E-state index contributed by atoms with van der Waals surface area (Å²) in [5.41, 5.74) is 1.62. The van der Waals surface area contributed by atoms with E-state index in [2.05, 4.69) is 26.6 Å². The number of nitrogens with one attached hydrogen (secondary N) is 1. The van der Waals surface area contributed by atoms with Crippen molar-refractivity contribution in [1.82, 2.24) is 19.8 Å². The molecule has 1 amide bonds. The average Bonchev–Trinajstić information content (AvgIpc) is 2.87. The molecule has 0 spiro atoms. The van der Waals surface area contributed by atoms with Crippen LogP contribution in [0.25, 0.3) is 0 Å². The van der Waals surface area contributed by atoms with Crippen molar-refractivity contribution in [3.8, 4) is 5.75 Å². The molecule has 2 aromatic rings. The van der Waals surface area contributed by atoms with Gasteiger partial charge in [-0.2, -0.15) is 0 Å². The molecule has 2 saturated heterocycles. The maximum absolute atomic E-state index is 12.4. The smallest absolute Gasteiger partial charge is 0.252 e. The molecule has 9 nitrogen and oxygen atoms in total. The quantitative estimate of drug-likeness (QED) is 0.594. The summed E-state index contributed by atoms with van der Waals surface area (Å²) < 4.78 is 5.51. The fourth-order valence-corrected chi connectivity index (χ4v) is 4.83. The number of piperazine rings is 2. The van der Waals surface area contributed by atoms with Crippen LogP contribution in [0.5, 0.6) is 5.75 Å². The minimum Gasteiger partial charge on any atom is -0.495 e. The minimum absolute atomic E-state index is 0.145. The van der Waals surface area contributed by atoms with Crippen molar-refractivity contribution in [3.63, 3.8) is 0 Å². The normalized spacial score (nSPS) is 17.1. The largest absolute Gasteiger partial charge is 0.495 e. The van der Waals surface area contributed by atoms with Crippen molar-refractivity contribution < 1.29 is 9.53 Å². The van der Waals surface area contributed by atoms with Crippen LogP contribution in [0, 0.1) is 0 Å². The van der Waals surface area contributed by atoms with E-state index in [1.807, 2.05) is 23.1 Å². The Morgan fingerprint density at radius 1 is 1.06 bits per heavy atom. The van der Waals surface area contributed by atoms with E-state index in [1.165, 1.54) is 0 Å². The Kier molecular flexibility index (Phi) is 8.51. The highest BCUT2D eigenvalue weighted by Crippen LogP contribution is 2.32. The number of carbonyl (C=O) groups is 1. The maximum Gasteiger partial charge on any atom is 0.252 e. The summed E-state index contributed by atoms with van der Waals surface area (Å²) in [6.45, 7) is 8.73. The highest BCUT2D eigenvalue weighted by atomic mass is 35.5. The van der Waals surface area contributed by atoms with E-state index in [1.54, 1.807) is 13.2 Å². The van der Waals surface area contributed by atoms with Gasteiger partial charge in [0.2, 0.25) is 11.9 Å². The Balaban J connectivity index is 1.34. The Morgan fingerprint density at radius 2 is 1.77 bits per heavy atom. The van der Waals surface area contributed by atoms with Crippen molar-refractivity contribution in [3.05, 3.63) is 45.3 Å². The van der Waals surface area contributed by atoms with Gasteiger partial charge in [-0.1, -0.05) is 24.9 Å². The second kappa shape index (κ2) is 11.8. The third-order valence-electron chi connectivity index (χ3n) is 6.70. The number of nitrogens with zero attached hydrogens (tertiary/aromatic N) is 5. The predicted octanol–water partition coefficient (Wildman–Crippen LogP) is 2.59. The Labute approximate surface area is 211 Å². The Hall–Kier alpha value is -2.78. The van der Waals surface area contributed by atoms with Crippen LogP contribution < -0.4 is 20.1 Å². The number of ether oxygens (including phenoxy) is 1. The van der Waals surface area contributed by atoms with Gasteiger partial charge in [0.05, 0.1) is 18.5 Å². The zero-order valence-corrected chi connectivity index (χ0v) is 21.4. The van der Waals surface area contributed by atoms with Gasteiger partial charge >= 0.3 is 0 Å². The third-order valence-corrected chi connectivity index (χ3v) is 6.93. The summed E-state index contributed by atoms with van der Waals surface area (Å²) in [6.07, 6.45) is 2.56. The van der Waals surface area contributed by atoms with Crippen LogP contribution in [0.4, 0.5) is 11.6 Å². The number of methoxy groups -OCH3 is 1. The lowest BCUT2D eigenvalue weighted by Crippen LogP contribution is -2.49. The number of halogens is 1. The van der Waals surface area contributed by atoms with Gasteiger partial charge in [-0.3, -0.25) is 19.5 Å². The first kappa shape index (κ1) is 25.3. The Morgan fingerprint density at radius 3 is 2.46 bits per heavy atom. The first-order valence-corrected chi connectivity index (χ1v) is 12.8. The third kappa shape index (κ3) is 6.46. The van der Waals surface area contributed by atoms with Gasteiger partial charge in [-0.15, -0.1) is 0 Å². The number of aromatic amines is 1. The molecule has 4 rings (SSSR count). The number of rotatable bonds is 8. The zero-order chi connectivity index (χ0) is 24.8. The van der Waals surface area contributed by atoms with Crippen LogP contribution in [-0.4, -0.2) is 85.1 Å². The number of amides is 1. The lowest BCUT2D eigenvalue weighted by atomic mass is 10.2. The van der Waals surface area contributed by atoms with Crippen LogP contribution in [0.15, 0.2) is 29.1 Å². The van der Waals surface area contributed by atoms with Crippen molar-refractivity contribution in [2.45, 2.75) is 32.7 Å². The van der Waals surface area contributed by atoms with Crippen molar-refractivity contribution in [2.24, 2.45) is 0 Å². The maximum atomic E-state index is 12.4. The fourth-order valence-electron chi connectivity index (χ4n) is 4.66. The van der Waals surface area contributed by atoms with E-state index in [9.17, 15) is 9.59 Å². The number of anilines is 2. The standard InChI is InChI=1S/C25H35ClN6O3/c1-3-4-5-24(34)31-12-14-32(15-13-31)25-27-20(17-23(33)28-25)18-29-8-10-30(11-9-29)21-16-19(26)6-7-22(21)35-2/h6-7,16-17H,3-5,8-15,18H2,1-2H3,(H,27,28,33). The van der Waals surface area contributed by atoms with Gasteiger partial charge in [0, 0.05) is 76.4 Å². The summed E-state index contributed by atoms with van der Waals surface area (Å²) in [7, 11) is 1.67. The molecule has 0 atom stereocenters. The molecular formula is C25H35ClN6O3. The van der Waals surface area contributed by atoms with Crippen molar-refractivity contribution in [2.75, 3.05) is 69.3 Å². The van der Waals surface area contributed by atoms with Gasteiger partial charge in [-0.05, 0) is 24.6 Å². The molecule has 1 N–H and O–H groups in total. The number of aromatic nitrogens is 2. The summed E-state index contributed by atoms with van der Waals surface area (Å²) in [5, 5.41) is 0.689. The number of unbranched alkanes of at least 4 members (excludes halogenated alkanes) is 1. The SMILES string of the molecule is CCCCC(=O)N1CCN(c2nc(CN3CCN(c4cc(Cl)ccc4OC)CC3)cc(=O)[nH]2)CC1. The number of H-pyrrole nitrogens is 1. The molecule has 190 valence electrons. The van der Waals surface area contributed by atoms with E-state index in [4.69, 9.17) is 21.3 Å². The van der Waals surface area contributed by atoms with E-state index in [0.717, 1.165) is 56.2 Å². The van der Waals surface area contributed by atoms with E-state index < -0.39 is 0 Å². The predicted molar refractivity (Wildman–Crippen MR) is 139 cm³/mol. The minimum atomic E-state index is -0.145. The molecule has 1 aromatic heterocycles. The zero-order valence-electron chi connectivity index (χ0n) is 20.6. The fraction of sp³-hybridized carbons (Fsp3) is 0.560. The van der Waals surface area contributed by atoms with E-state index in [-0.39, 0.29) is 11.5 Å². The van der Waals surface area contributed by atoms with Gasteiger partial charge < -0.3 is 19.4 Å². The first-order valence-electron chi connectivity index (χ1n) is 12.4. The molecule has 0 saturated carbocycles. The first-order chi connectivity index (χ1) is 17.0. The summed E-state index contributed by atoms with van der Waals surface area (Å²) >= 11 is 6.21. The summed E-state index contributed by atoms with van der Waals surface area (Å²) in [5.74, 6) is 1.63. The average molecular weight is 503 g/mol. The van der Waals surface area contributed by atoms with Gasteiger partial charge in [0.25, 0.3) is 5.56 Å². The summed E-state index contributed by atoms with van der Waals surface area (Å²) in [4.78, 5) is 40.9. The Bertz CT molecular complexity index is 1060.